The smallest absolute Gasteiger partial charge is 0.241 e. The third kappa shape index (κ3) is 1.67. The SMILES string of the molecule is NC1Cc2cccc(N3CCCC3=O)c2NC1=O. The summed E-state index contributed by atoms with van der Waals surface area (Å²) in [4.78, 5) is 25.2. The van der Waals surface area contributed by atoms with Crippen molar-refractivity contribution < 1.29 is 9.59 Å². The predicted octanol–water partition coefficient (Wildman–Crippen LogP) is 0.635. The first kappa shape index (κ1) is 11.2. The van der Waals surface area contributed by atoms with Crippen molar-refractivity contribution in [3.63, 3.8) is 0 Å². The third-order valence-corrected chi connectivity index (χ3v) is 3.52. The second-order valence-corrected chi connectivity index (χ2v) is 4.76. The molecular weight excluding hydrogens is 230 g/mol. The van der Waals surface area contributed by atoms with Crippen LogP contribution in [0, 0.1) is 0 Å². The van der Waals surface area contributed by atoms with E-state index in [2.05, 4.69) is 5.32 Å². The highest BCUT2D eigenvalue weighted by Gasteiger charge is 2.29. The number of carbonyl (C=O) groups excluding carboxylic acids is 2. The van der Waals surface area contributed by atoms with Gasteiger partial charge >= 0.3 is 0 Å². The lowest BCUT2D eigenvalue weighted by Crippen LogP contribution is -2.41. The van der Waals surface area contributed by atoms with Crippen molar-refractivity contribution >= 4 is 23.2 Å². The van der Waals surface area contributed by atoms with Gasteiger partial charge in [-0.2, -0.15) is 0 Å². The maximum Gasteiger partial charge on any atom is 0.241 e. The molecule has 0 bridgehead atoms. The highest BCUT2D eigenvalue weighted by atomic mass is 16.2. The molecule has 1 aromatic carbocycles. The van der Waals surface area contributed by atoms with Crippen LogP contribution in [0.1, 0.15) is 18.4 Å². The number of amides is 2. The fourth-order valence-corrected chi connectivity index (χ4v) is 2.57. The summed E-state index contributed by atoms with van der Waals surface area (Å²) in [6, 6.07) is 5.23. The minimum absolute atomic E-state index is 0.118. The van der Waals surface area contributed by atoms with Crippen LogP contribution in [0.3, 0.4) is 0 Å². The number of nitrogens with one attached hydrogen (secondary N) is 1. The number of nitrogens with zero attached hydrogens (tertiary/aromatic N) is 1. The Morgan fingerprint density at radius 3 is 2.89 bits per heavy atom. The van der Waals surface area contributed by atoms with Gasteiger partial charge in [-0.1, -0.05) is 12.1 Å². The first-order valence-corrected chi connectivity index (χ1v) is 6.15. The molecule has 0 saturated carbocycles. The number of nitrogens with two attached hydrogens (primary N) is 1. The Morgan fingerprint density at radius 2 is 2.17 bits per heavy atom. The normalized spacial score (nSPS) is 22.9. The lowest BCUT2D eigenvalue weighted by Gasteiger charge is -2.27. The molecule has 2 aliphatic heterocycles. The van der Waals surface area contributed by atoms with Crippen molar-refractivity contribution in [3.05, 3.63) is 23.8 Å². The third-order valence-electron chi connectivity index (χ3n) is 3.52. The zero-order valence-corrected chi connectivity index (χ0v) is 9.98. The minimum atomic E-state index is -0.498. The second-order valence-electron chi connectivity index (χ2n) is 4.76. The average Bonchev–Trinajstić information content (AvgIpc) is 2.76. The summed E-state index contributed by atoms with van der Waals surface area (Å²) in [6.07, 6.45) is 1.98. The van der Waals surface area contributed by atoms with Crippen molar-refractivity contribution in [2.75, 3.05) is 16.8 Å². The van der Waals surface area contributed by atoms with E-state index in [0.717, 1.165) is 29.9 Å². The van der Waals surface area contributed by atoms with Gasteiger partial charge in [0.1, 0.15) is 0 Å². The summed E-state index contributed by atoms with van der Waals surface area (Å²) in [6.45, 7) is 0.719. The molecule has 2 aliphatic rings. The minimum Gasteiger partial charge on any atom is -0.323 e. The topological polar surface area (TPSA) is 75.4 Å². The standard InChI is InChI=1S/C13H15N3O2/c14-9-7-8-3-1-4-10(12(8)15-13(9)18)16-6-2-5-11(16)17/h1,3-4,9H,2,5-7,14H2,(H,15,18). The van der Waals surface area contributed by atoms with Crippen LogP contribution in [0.5, 0.6) is 0 Å². The molecule has 0 aliphatic carbocycles. The van der Waals surface area contributed by atoms with Gasteiger partial charge in [-0.3, -0.25) is 9.59 Å². The van der Waals surface area contributed by atoms with Crippen LogP contribution < -0.4 is 16.0 Å². The first-order chi connectivity index (χ1) is 8.66. The number of anilines is 2. The van der Waals surface area contributed by atoms with Gasteiger partial charge in [0.15, 0.2) is 0 Å². The number of para-hydroxylation sites is 1. The van der Waals surface area contributed by atoms with E-state index in [0.29, 0.717) is 12.8 Å². The van der Waals surface area contributed by atoms with Gasteiger partial charge in [0.25, 0.3) is 0 Å². The summed E-state index contributed by atoms with van der Waals surface area (Å²) in [7, 11) is 0. The van der Waals surface area contributed by atoms with Crippen LogP contribution in [0.25, 0.3) is 0 Å². The number of benzene rings is 1. The van der Waals surface area contributed by atoms with Crippen molar-refractivity contribution in [2.24, 2.45) is 5.73 Å². The number of carbonyl (C=O) groups is 2. The van der Waals surface area contributed by atoms with Gasteiger partial charge < -0.3 is 16.0 Å². The Labute approximate surface area is 105 Å². The van der Waals surface area contributed by atoms with Crippen LogP contribution in [-0.2, 0) is 16.0 Å². The second kappa shape index (κ2) is 4.10. The van der Waals surface area contributed by atoms with E-state index in [9.17, 15) is 9.59 Å². The quantitative estimate of drug-likeness (QED) is 0.762. The molecule has 2 heterocycles. The molecule has 1 saturated heterocycles. The van der Waals surface area contributed by atoms with E-state index in [1.807, 2.05) is 18.2 Å². The fourth-order valence-electron chi connectivity index (χ4n) is 2.57. The zero-order valence-electron chi connectivity index (χ0n) is 9.98. The van der Waals surface area contributed by atoms with Crippen LogP contribution >= 0.6 is 0 Å². The van der Waals surface area contributed by atoms with E-state index in [4.69, 9.17) is 5.73 Å². The molecule has 5 heteroatoms. The molecule has 0 spiro atoms. The fraction of sp³-hybridized carbons (Fsp3) is 0.385. The molecule has 1 aromatic rings. The van der Waals surface area contributed by atoms with Gasteiger partial charge in [-0.15, -0.1) is 0 Å². The zero-order chi connectivity index (χ0) is 12.7. The summed E-state index contributed by atoms with van der Waals surface area (Å²) in [5.41, 5.74) is 8.28. The Kier molecular flexibility index (Phi) is 2.56. The van der Waals surface area contributed by atoms with Gasteiger partial charge in [-0.05, 0) is 24.5 Å². The molecule has 18 heavy (non-hydrogen) atoms. The van der Waals surface area contributed by atoms with E-state index in [-0.39, 0.29) is 11.8 Å². The van der Waals surface area contributed by atoms with Crippen LogP contribution in [0.2, 0.25) is 0 Å². The number of hydrogen-bond donors (Lipinski definition) is 2. The largest absolute Gasteiger partial charge is 0.323 e. The summed E-state index contributed by atoms with van der Waals surface area (Å²) in [5, 5.41) is 2.82. The van der Waals surface area contributed by atoms with Gasteiger partial charge in [0.05, 0.1) is 17.4 Å². The molecule has 0 aromatic heterocycles. The van der Waals surface area contributed by atoms with E-state index in [1.54, 1.807) is 4.90 Å². The highest BCUT2D eigenvalue weighted by Crippen LogP contribution is 2.35. The van der Waals surface area contributed by atoms with E-state index in [1.165, 1.54) is 0 Å². The molecular formula is C13H15N3O2. The summed E-state index contributed by atoms with van der Waals surface area (Å²) in [5.74, 6) is -0.0610. The van der Waals surface area contributed by atoms with Crippen LogP contribution in [0.4, 0.5) is 11.4 Å². The molecule has 3 N–H and O–H groups in total. The number of rotatable bonds is 1. The molecule has 1 atom stereocenters. The number of hydrogen-bond acceptors (Lipinski definition) is 3. The van der Waals surface area contributed by atoms with Gasteiger partial charge in [-0.25, -0.2) is 0 Å². The Morgan fingerprint density at radius 1 is 1.33 bits per heavy atom. The Balaban J connectivity index is 2.04. The molecule has 94 valence electrons. The highest BCUT2D eigenvalue weighted by molar-refractivity contribution is 6.05. The van der Waals surface area contributed by atoms with Crippen molar-refractivity contribution in [3.8, 4) is 0 Å². The lowest BCUT2D eigenvalue weighted by molar-refractivity contribution is -0.118. The lowest BCUT2D eigenvalue weighted by atomic mass is 9.98. The molecule has 3 rings (SSSR count). The van der Waals surface area contributed by atoms with Gasteiger partial charge in [0.2, 0.25) is 11.8 Å². The van der Waals surface area contributed by atoms with E-state index >= 15 is 0 Å². The molecule has 1 unspecified atom stereocenters. The maximum atomic E-state index is 11.8. The average molecular weight is 245 g/mol. The molecule has 1 fully saturated rings. The predicted molar refractivity (Wildman–Crippen MR) is 68.3 cm³/mol. The summed E-state index contributed by atoms with van der Waals surface area (Å²) < 4.78 is 0. The number of fused-ring (bicyclic) bond motifs is 1. The van der Waals surface area contributed by atoms with Crippen LogP contribution in [-0.4, -0.2) is 24.4 Å². The maximum absolute atomic E-state index is 11.8. The molecule has 2 amide bonds. The monoisotopic (exact) mass is 245 g/mol. The first-order valence-electron chi connectivity index (χ1n) is 6.15. The molecule has 0 radical (unpaired) electrons. The van der Waals surface area contributed by atoms with Crippen molar-refractivity contribution in [1.82, 2.24) is 0 Å². The van der Waals surface area contributed by atoms with E-state index < -0.39 is 6.04 Å². The Bertz CT molecular complexity index is 527. The summed E-state index contributed by atoms with van der Waals surface area (Å²) >= 11 is 0. The van der Waals surface area contributed by atoms with Gasteiger partial charge in [0, 0.05) is 13.0 Å². The Hall–Kier alpha value is -1.88. The molecule has 5 nitrogen and oxygen atoms in total. The van der Waals surface area contributed by atoms with Crippen LogP contribution in [0.15, 0.2) is 18.2 Å². The van der Waals surface area contributed by atoms with Crippen molar-refractivity contribution in [1.29, 1.82) is 0 Å². The van der Waals surface area contributed by atoms with Crippen molar-refractivity contribution in [2.45, 2.75) is 25.3 Å².